The first-order chi connectivity index (χ1) is 9.10. The highest BCUT2D eigenvalue weighted by atomic mass is 19.1. The Bertz CT molecular complexity index is 382. The molecule has 0 unspecified atom stereocenters. The molecular formula is C15H25FN2O. The summed E-state index contributed by atoms with van der Waals surface area (Å²) in [6.45, 7) is 9.40. The molecule has 0 saturated carbocycles. The summed E-state index contributed by atoms with van der Waals surface area (Å²) in [5.74, 6) is -0.188. The highest BCUT2D eigenvalue weighted by Gasteiger charge is 2.13. The summed E-state index contributed by atoms with van der Waals surface area (Å²) in [5, 5.41) is 3.27. The third kappa shape index (κ3) is 4.80. The van der Waals surface area contributed by atoms with Crippen LogP contribution in [0.4, 0.5) is 10.1 Å². The van der Waals surface area contributed by atoms with Crippen molar-refractivity contribution in [1.82, 2.24) is 5.32 Å². The zero-order valence-corrected chi connectivity index (χ0v) is 12.4. The van der Waals surface area contributed by atoms with Crippen molar-refractivity contribution >= 4 is 5.69 Å². The molecule has 0 atom stereocenters. The molecule has 0 aliphatic heterocycles. The van der Waals surface area contributed by atoms with E-state index in [0.29, 0.717) is 19.2 Å². The summed E-state index contributed by atoms with van der Waals surface area (Å²) in [6, 6.07) is 5.40. The summed E-state index contributed by atoms with van der Waals surface area (Å²) in [7, 11) is 1.67. The van der Waals surface area contributed by atoms with Gasteiger partial charge in [0.05, 0.1) is 6.61 Å². The van der Waals surface area contributed by atoms with Crippen LogP contribution >= 0.6 is 0 Å². The van der Waals surface area contributed by atoms with Crippen LogP contribution in [0.25, 0.3) is 0 Å². The highest BCUT2D eigenvalue weighted by molar-refractivity contribution is 5.54. The molecule has 1 aromatic rings. The lowest BCUT2D eigenvalue weighted by Crippen LogP contribution is -2.32. The van der Waals surface area contributed by atoms with Gasteiger partial charge in [0.15, 0.2) is 0 Å². The molecule has 19 heavy (non-hydrogen) atoms. The van der Waals surface area contributed by atoms with Gasteiger partial charge in [-0.1, -0.05) is 0 Å². The van der Waals surface area contributed by atoms with Crippen molar-refractivity contribution in [2.75, 3.05) is 31.7 Å². The van der Waals surface area contributed by atoms with E-state index >= 15 is 0 Å². The van der Waals surface area contributed by atoms with Crippen LogP contribution < -0.4 is 10.2 Å². The predicted octanol–water partition coefficient (Wildman–Crippen LogP) is 2.80. The number of anilines is 1. The summed E-state index contributed by atoms with van der Waals surface area (Å²) >= 11 is 0. The van der Waals surface area contributed by atoms with Crippen LogP contribution in [0.1, 0.15) is 26.3 Å². The second-order valence-electron chi connectivity index (χ2n) is 4.82. The molecular weight excluding hydrogens is 243 g/mol. The molecule has 1 aromatic carbocycles. The van der Waals surface area contributed by atoms with E-state index in [1.165, 1.54) is 6.07 Å². The van der Waals surface area contributed by atoms with Crippen molar-refractivity contribution < 1.29 is 9.13 Å². The first-order valence-electron chi connectivity index (χ1n) is 6.84. The van der Waals surface area contributed by atoms with Gasteiger partial charge >= 0.3 is 0 Å². The van der Waals surface area contributed by atoms with Gasteiger partial charge in [-0.05, 0) is 44.5 Å². The van der Waals surface area contributed by atoms with Gasteiger partial charge in [0.2, 0.25) is 0 Å². The predicted molar refractivity (Wildman–Crippen MR) is 78.1 cm³/mol. The van der Waals surface area contributed by atoms with Crippen LogP contribution in [-0.4, -0.2) is 32.8 Å². The maximum Gasteiger partial charge on any atom is 0.123 e. The number of benzene rings is 1. The molecule has 1 rings (SSSR count). The van der Waals surface area contributed by atoms with Crippen molar-refractivity contribution in [2.45, 2.75) is 33.4 Å². The molecule has 0 radical (unpaired) electrons. The normalized spacial score (nSPS) is 11.1. The first kappa shape index (κ1) is 15.9. The fraction of sp³-hybridized carbons (Fsp3) is 0.600. The van der Waals surface area contributed by atoms with Gasteiger partial charge in [-0.3, -0.25) is 0 Å². The summed E-state index contributed by atoms with van der Waals surface area (Å²) in [5.41, 5.74) is 2.09. The Labute approximate surface area is 115 Å². The van der Waals surface area contributed by atoms with Crippen LogP contribution in [0.5, 0.6) is 0 Å². The zero-order valence-electron chi connectivity index (χ0n) is 12.4. The van der Waals surface area contributed by atoms with Gasteiger partial charge < -0.3 is 15.0 Å². The van der Waals surface area contributed by atoms with Gasteiger partial charge in [0, 0.05) is 38.5 Å². The third-order valence-corrected chi connectivity index (χ3v) is 3.11. The second kappa shape index (κ2) is 8.12. The molecule has 0 aliphatic carbocycles. The Morgan fingerprint density at radius 1 is 1.37 bits per heavy atom. The van der Waals surface area contributed by atoms with Crippen LogP contribution in [-0.2, 0) is 11.3 Å². The molecule has 0 fully saturated rings. The lowest BCUT2D eigenvalue weighted by molar-refractivity contribution is 0.199. The van der Waals surface area contributed by atoms with E-state index in [-0.39, 0.29) is 5.82 Å². The van der Waals surface area contributed by atoms with Crippen LogP contribution in [0.3, 0.4) is 0 Å². The number of nitrogens with one attached hydrogen (secondary N) is 1. The molecule has 3 nitrogen and oxygen atoms in total. The molecule has 0 bridgehead atoms. The van der Waals surface area contributed by atoms with Crippen molar-refractivity contribution in [1.29, 1.82) is 0 Å². The fourth-order valence-corrected chi connectivity index (χ4v) is 2.19. The molecule has 0 spiro atoms. The Morgan fingerprint density at radius 3 is 2.68 bits per heavy atom. The van der Waals surface area contributed by atoms with Gasteiger partial charge in [-0.2, -0.15) is 0 Å². The van der Waals surface area contributed by atoms with E-state index < -0.39 is 0 Å². The Hall–Kier alpha value is -1.13. The average molecular weight is 268 g/mol. The van der Waals surface area contributed by atoms with Gasteiger partial charge in [-0.25, -0.2) is 4.39 Å². The molecule has 0 heterocycles. The minimum absolute atomic E-state index is 0.188. The molecule has 108 valence electrons. The number of nitrogens with zero attached hydrogens (tertiary/aromatic N) is 1. The van der Waals surface area contributed by atoms with Crippen molar-refractivity contribution in [2.24, 2.45) is 0 Å². The Morgan fingerprint density at radius 2 is 2.11 bits per heavy atom. The van der Waals surface area contributed by atoms with Crippen LogP contribution in [0.15, 0.2) is 18.2 Å². The number of ether oxygens (including phenoxy) is 1. The smallest absolute Gasteiger partial charge is 0.123 e. The molecule has 0 aromatic heterocycles. The van der Waals surface area contributed by atoms with E-state index in [1.54, 1.807) is 13.2 Å². The number of hydrogen-bond acceptors (Lipinski definition) is 3. The molecule has 4 heteroatoms. The molecule has 0 aliphatic rings. The maximum absolute atomic E-state index is 13.4. The summed E-state index contributed by atoms with van der Waals surface area (Å²) in [6.07, 6.45) is 0. The van der Waals surface area contributed by atoms with Crippen molar-refractivity contribution in [3.8, 4) is 0 Å². The van der Waals surface area contributed by atoms with Gasteiger partial charge in [0.1, 0.15) is 5.82 Å². The van der Waals surface area contributed by atoms with Crippen molar-refractivity contribution in [3.05, 3.63) is 29.6 Å². The fourth-order valence-electron chi connectivity index (χ4n) is 2.19. The molecule has 0 amide bonds. The van der Waals surface area contributed by atoms with Crippen LogP contribution in [0.2, 0.25) is 0 Å². The van der Waals surface area contributed by atoms with E-state index in [0.717, 1.165) is 24.3 Å². The molecule has 0 saturated heterocycles. The second-order valence-corrected chi connectivity index (χ2v) is 4.82. The quantitative estimate of drug-likeness (QED) is 0.734. The van der Waals surface area contributed by atoms with E-state index in [9.17, 15) is 4.39 Å². The minimum atomic E-state index is -0.188. The SMILES string of the molecule is CCN(c1ccc(F)cc1CNCCOC)C(C)C. The number of hydrogen-bond donors (Lipinski definition) is 1. The summed E-state index contributed by atoms with van der Waals surface area (Å²) < 4.78 is 18.4. The monoisotopic (exact) mass is 268 g/mol. The first-order valence-corrected chi connectivity index (χ1v) is 6.84. The topological polar surface area (TPSA) is 24.5 Å². The number of halogens is 1. The highest BCUT2D eigenvalue weighted by Crippen LogP contribution is 2.23. The third-order valence-electron chi connectivity index (χ3n) is 3.11. The lowest BCUT2D eigenvalue weighted by atomic mass is 10.1. The standard InChI is InChI=1S/C15H25FN2O/c1-5-18(12(2)3)15-7-6-14(16)10-13(15)11-17-8-9-19-4/h6-7,10,12,17H,5,8-9,11H2,1-4H3. The maximum atomic E-state index is 13.4. The van der Waals surface area contributed by atoms with E-state index in [2.05, 4.69) is 31.0 Å². The number of methoxy groups -OCH3 is 1. The summed E-state index contributed by atoms with van der Waals surface area (Å²) in [4.78, 5) is 2.27. The van der Waals surface area contributed by atoms with Crippen LogP contribution in [0, 0.1) is 5.82 Å². The van der Waals surface area contributed by atoms with Gasteiger partial charge in [0.25, 0.3) is 0 Å². The zero-order chi connectivity index (χ0) is 14.3. The largest absolute Gasteiger partial charge is 0.383 e. The van der Waals surface area contributed by atoms with E-state index in [1.807, 2.05) is 6.07 Å². The lowest BCUT2D eigenvalue weighted by Gasteiger charge is -2.30. The Kier molecular flexibility index (Phi) is 6.81. The van der Waals surface area contributed by atoms with Gasteiger partial charge in [-0.15, -0.1) is 0 Å². The van der Waals surface area contributed by atoms with E-state index in [4.69, 9.17) is 4.74 Å². The average Bonchev–Trinajstić information content (AvgIpc) is 2.37. The Balaban J connectivity index is 2.84. The molecule has 1 N–H and O–H groups in total. The minimum Gasteiger partial charge on any atom is -0.383 e. The number of rotatable bonds is 8. The van der Waals surface area contributed by atoms with Crippen molar-refractivity contribution in [3.63, 3.8) is 0 Å².